The zero-order valence-corrected chi connectivity index (χ0v) is 12.1. The van der Waals surface area contributed by atoms with Crippen LogP contribution in [0.4, 0.5) is 13.2 Å². The predicted octanol–water partition coefficient (Wildman–Crippen LogP) is 2.95. The summed E-state index contributed by atoms with van der Waals surface area (Å²) < 4.78 is 36.4. The van der Waals surface area contributed by atoms with Crippen molar-refractivity contribution in [3.8, 4) is 0 Å². The van der Waals surface area contributed by atoms with Gasteiger partial charge in [0.1, 0.15) is 0 Å². The van der Waals surface area contributed by atoms with Crippen molar-refractivity contribution in [2.75, 3.05) is 25.4 Å². The molecule has 1 aliphatic heterocycles. The van der Waals surface area contributed by atoms with Gasteiger partial charge >= 0.3 is 5.51 Å². The van der Waals surface area contributed by atoms with Gasteiger partial charge in [0.05, 0.1) is 0 Å². The molecular formula is C12H23F3N2S. The maximum atomic E-state index is 12.1. The Morgan fingerprint density at radius 1 is 1.39 bits per heavy atom. The van der Waals surface area contributed by atoms with Crippen LogP contribution in [0.15, 0.2) is 0 Å². The summed E-state index contributed by atoms with van der Waals surface area (Å²) in [5.74, 6) is 0.592. The molecular weight excluding hydrogens is 261 g/mol. The minimum atomic E-state index is -4.11. The first-order valence-electron chi connectivity index (χ1n) is 6.51. The van der Waals surface area contributed by atoms with Crippen molar-refractivity contribution < 1.29 is 13.2 Å². The van der Waals surface area contributed by atoms with Gasteiger partial charge in [-0.2, -0.15) is 13.2 Å². The SMILES string of the molecule is CCC1CN(CCSC(F)(F)F)C(C(C)C)CN1. The number of halogens is 3. The number of hydrogen-bond donors (Lipinski definition) is 1. The van der Waals surface area contributed by atoms with Crippen LogP contribution in [0.1, 0.15) is 27.2 Å². The third-order valence-corrected chi connectivity index (χ3v) is 4.16. The Kier molecular flexibility index (Phi) is 6.27. The van der Waals surface area contributed by atoms with Crippen LogP contribution in [-0.4, -0.2) is 47.9 Å². The van der Waals surface area contributed by atoms with Gasteiger partial charge in [0.15, 0.2) is 0 Å². The lowest BCUT2D eigenvalue weighted by Crippen LogP contribution is -2.58. The van der Waals surface area contributed by atoms with Gasteiger partial charge in [0.2, 0.25) is 0 Å². The highest BCUT2D eigenvalue weighted by Crippen LogP contribution is 2.30. The minimum Gasteiger partial charge on any atom is -0.311 e. The molecule has 0 spiro atoms. The summed E-state index contributed by atoms with van der Waals surface area (Å²) in [6, 6.07) is 0.762. The van der Waals surface area contributed by atoms with Crippen molar-refractivity contribution in [3.05, 3.63) is 0 Å². The zero-order chi connectivity index (χ0) is 13.8. The summed E-state index contributed by atoms with van der Waals surface area (Å²) in [5, 5.41) is 3.47. The average molecular weight is 284 g/mol. The first-order chi connectivity index (χ1) is 8.33. The van der Waals surface area contributed by atoms with Gasteiger partial charge in [-0.15, -0.1) is 0 Å². The molecule has 1 heterocycles. The monoisotopic (exact) mass is 284 g/mol. The van der Waals surface area contributed by atoms with Crippen molar-refractivity contribution in [1.82, 2.24) is 10.2 Å². The Labute approximate surface area is 112 Å². The second-order valence-corrected chi connectivity index (χ2v) is 6.27. The number of nitrogens with zero attached hydrogens (tertiary/aromatic N) is 1. The van der Waals surface area contributed by atoms with E-state index in [0.717, 1.165) is 19.5 Å². The van der Waals surface area contributed by atoms with E-state index in [1.165, 1.54) is 0 Å². The summed E-state index contributed by atoms with van der Waals surface area (Å²) in [7, 11) is 0. The maximum Gasteiger partial charge on any atom is 0.441 e. The molecule has 1 aliphatic rings. The molecule has 0 aromatic heterocycles. The van der Waals surface area contributed by atoms with Crippen LogP contribution >= 0.6 is 11.8 Å². The van der Waals surface area contributed by atoms with Crippen LogP contribution in [0.25, 0.3) is 0 Å². The van der Waals surface area contributed by atoms with Gasteiger partial charge in [-0.1, -0.05) is 20.8 Å². The quantitative estimate of drug-likeness (QED) is 0.835. The van der Waals surface area contributed by atoms with Crippen molar-refractivity contribution in [3.63, 3.8) is 0 Å². The normalized spacial score (nSPS) is 26.8. The molecule has 0 bridgehead atoms. The molecule has 0 aromatic rings. The Hall–Kier alpha value is 0.0600. The fourth-order valence-corrected chi connectivity index (χ4v) is 2.92. The summed E-state index contributed by atoms with van der Waals surface area (Å²) in [5.41, 5.74) is -4.11. The van der Waals surface area contributed by atoms with E-state index < -0.39 is 5.51 Å². The van der Waals surface area contributed by atoms with E-state index in [0.29, 0.717) is 24.5 Å². The topological polar surface area (TPSA) is 15.3 Å². The number of piperazine rings is 1. The number of thioether (sulfide) groups is 1. The Morgan fingerprint density at radius 2 is 2.06 bits per heavy atom. The van der Waals surface area contributed by atoms with Gasteiger partial charge < -0.3 is 5.32 Å². The lowest BCUT2D eigenvalue weighted by molar-refractivity contribution is -0.0330. The lowest BCUT2D eigenvalue weighted by atomic mass is 9.98. The Bertz CT molecular complexity index is 246. The molecule has 2 nitrogen and oxygen atoms in total. The van der Waals surface area contributed by atoms with Gasteiger partial charge in [-0.25, -0.2) is 0 Å². The fourth-order valence-electron chi connectivity index (χ4n) is 2.37. The standard InChI is InChI=1S/C12H23F3N2S/c1-4-10-8-17(5-6-18-12(13,14)15)11(7-16-10)9(2)3/h9-11,16H,4-8H2,1-3H3. The first-order valence-corrected chi connectivity index (χ1v) is 7.50. The van der Waals surface area contributed by atoms with Crippen LogP contribution in [-0.2, 0) is 0 Å². The molecule has 1 saturated heterocycles. The molecule has 2 unspecified atom stereocenters. The van der Waals surface area contributed by atoms with E-state index >= 15 is 0 Å². The van der Waals surface area contributed by atoms with E-state index in [1.54, 1.807) is 0 Å². The Morgan fingerprint density at radius 3 is 2.56 bits per heavy atom. The summed E-state index contributed by atoms with van der Waals surface area (Å²) in [4.78, 5) is 2.22. The maximum absolute atomic E-state index is 12.1. The molecule has 6 heteroatoms. The zero-order valence-electron chi connectivity index (χ0n) is 11.3. The van der Waals surface area contributed by atoms with Gasteiger partial charge in [-0.05, 0) is 24.1 Å². The largest absolute Gasteiger partial charge is 0.441 e. The van der Waals surface area contributed by atoms with E-state index in [9.17, 15) is 13.2 Å². The van der Waals surface area contributed by atoms with E-state index in [-0.39, 0.29) is 17.5 Å². The Balaban J connectivity index is 2.46. The van der Waals surface area contributed by atoms with Crippen molar-refractivity contribution in [2.45, 2.75) is 44.8 Å². The number of hydrogen-bond acceptors (Lipinski definition) is 3. The minimum absolute atomic E-state index is 0.0877. The molecule has 0 amide bonds. The molecule has 0 aliphatic carbocycles. The van der Waals surface area contributed by atoms with Crippen molar-refractivity contribution in [2.24, 2.45) is 5.92 Å². The smallest absolute Gasteiger partial charge is 0.311 e. The lowest BCUT2D eigenvalue weighted by Gasteiger charge is -2.42. The highest BCUT2D eigenvalue weighted by Gasteiger charge is 2.31. The third-order valence-electron chi connectivity index (χ3n) is 3.45. The van der Waals surface area contributed by atoms with E-state index in [4.69, 9.17) is 0 Å². The van der Waals surface area contributed by atoms with Gasteiger partial charge in [0, 0.05) is 37.5 Å². The summed E-state index contributed by atoms with van der Waals surface area (Å²) >= 11 is 0.0877. The van der Waals surface area contributed by atoms with Gasteiger partial charge in [0.25, 0.3) is 0 Å². The van der Waals surface area contributed by atoms with Crippen LogP contribution in [0.2, 0.25) is 0 Å². The molecule has 108 valence electrons. The molecule has 0 saturated carbocycles. The molecule has 1 rings (SSSR count). The highest BCUT2D eigenvalue weighted by molar-refractivity contribution is 8.00. The average Bonchev–Trinajstić information content (AvgIpc) is 2.26. The number of rotatable bonds is 5. The summed E-state index contributed by atoms with van der Waals surface area (Å²) in [6.07, 6.45) is 1.02. The molecule has 1 N–H and O–H groups in total. The molecule has 2 atom stereocenters. The van der Waals surface area contributed by atoms with Crippen LogP contribution < -0.4 is 5.32 Å². The number of alkyl halides is 3. The third kappa shape index (κ3) is 5.36. The predicted molar refractivity (Wildman–Crippen MR) is 70.8 cm³/mol. The van der Waals surface area contributed by atoms with E-state index in [1.807, 2.05) is 0 Å². The van der Waals surface area contributed by atoms with Crippen molar-refractivity contribution in [1.29, 1.82) is 0 Å². The van der Waals surface area contributed by atoms with E-state index in [2.05, 4.69) is 31.0 Å². The second kappa shape index (κ2) is 7.01. The highest BCUT2D eigenvalue weighted by atomic mass is 32.2. The van der Waals surface area contributed by atoms with Crippen molar-refractivity contribution >= 4 is 11.8 Å². The fraction of sp³-hybridized carbons (Fsp3) is 1.00. The molecule has 0 aromatic carbocycles. The summed E-state index contributed by atoms with van der Waals surface area (Å²) in [6.45, 7) is 8.62. The van der Waals surface area contributed by atoms with Gasteiger partial charge in [-0.3, -0.25) is 4.90 Å². The first kappa shape index (κ1) is 16.1. The second-order valence-electron chi connectivity index (χ2n) is 5.11. The van der Waals surface area contributed by atoms with Crippen LogP contribution in [0.5, 0.6) is 0 Å². The number of nitrogens with one attached hydrogen (secondary N) is 1. The molecule has 18 heavy (non-hydrogen) atoms. The molecule has 0 radical (unpaired) electrons. The van der Waals surface area contributed by atoms with Crippen LogP contribution in [0, 0.1) is 5.92 Å². The van der Waals surface area contributed by atoms with Crippen LogP contribution in [0.3, 0.4) is 0 Å². The molecule has 1 fully saturated rings.